The lowest BCUT2D eigenvalue weighted by atomic mass is 10.1. The van der Waals surface area contributed by atoms with Crippen LogP contribution in [0.3, 0.4) is 0 Å². The number of allylic oxidation sites excluding steroid dienone is 1. The molecule has 12 heavy (non-hydrogen) atoms. The van der Waals surface area contributed by atoms with Gasteiger partial charge < -0.3 is 5.32 Å². The number of rotatable bonds is 3. The van der Waals surface area contributed by atoms with Crippen LogP contribution in [-0.2, 0) is 0 Å². The molecule has 0 saturated carbocycles. The van der Waals surface area contributed by atoms with Crippen molar-refractivity contribution >= 4 is 11.8 Å². The lowest BCUT2D eigenvalue weighted by Gasteiger charge is -2.06. The van der Waals surface area contributed by atoms with Gasteiger partial charge in [0.05, 0.1) is 0 Å². The molecule has 1 N–H and O–H groups in total. The molecule has 0 saturated heterocycles. The fourth-order valence-corrected chi connectivity index (χ4v) is 1.17. The van der Waals surface area contributed by atoms with Crippen molar-refractivity contribution in [3.05, 3.63) is 35.9 Å². The zero-order valence-electron chi connectivity index (χ0n) is 7.67. The standard InChI is InChI=1S/C11H15N/c1-3-7-10-8-5-6-9-11(10)12-4-2/h3,5-9,12H,4H2,1-2H3/b7-3+. The summed E-state index contributed by atoms with van der Waals surface area (Å²) in [5, 5.41) is 3.31. The topological polar surface area (TPSA) is 12.0 Å². The highest BCUT2D eigenvalue weighted by atomic mass is 14.9. The Bertz CT molecular complexity index is 263. The van der Waals surface area contributed by atoms with Gasteiger partial charge >= 0.3 is 0 Å². The van der Waals surface area contributed by atoms with Crippen molar-refractivity contribution < 1.29 is 0 Å². The van der Waals surface area contributed by atoms with Crippen LogP contribution in [0.1, 0.15) is 19.4 Å². The molecule has 1 aromatic rings. The second kappa shape index (κ2) is 4.60. The van der Waals surface area contributed by atoms with E-state index in [0.29, 0.717) is 0 Å². The van der Waals surface area contributed by atoms with E-state index in [1.54, 1.807) is 0 Å². The Morgan fingerprint density at radius 2 is 2.08 bits per heavy atom. The van der Waals surface area contributed by atoms with Gasteiger partial charge in [-0.1, -0.05) is 30.4 Å². The largest absolute Gasteiger partial charge is 0.385 e. The third-order valence-electron chi connectivity index (χ3n) is 1.67. The van der Waals surface area contributed by atoms with Crippen LogP contribution in [-0.4, -0.2) is 6.54 Å². The van der Waals surface area contributed by atoms with Gasteiger partial charge in [0.25, 0.3) is 0 Å². The Hall–Kier alpha value is -1.24. The maximum absolute atomic E-state index is 3.31. The van der Waals surface area contributed by atoms with Crippen molar-refractivity contribution in [3.63, 3.8) is 0 Å². The molecule has 1 rings (SSSR count). The third-order valence-corrected chi connectivity index (χ3v) is 1.67. The Morgan fingerprint density at radius 1 is 1.33 bits per heavy atom. The quantitative estimate of drug-likeness (QED) is 0.718. The molecule has 0 radical (unpaired) electrons. The van der Waals surface area contributed by atoms with Crippen LogP contribution in [0, 0.1) is 0 Å². The normalized spacial score (nSPS) is 10.5. The molecule has 0 aromatic heterocycles. The van der Waals surface area contributed by atoms with Gasteiger partial charge in [-0.2, -0.15) is 0 Å². The van der Waals surface area contributed by atoms with Crippen LogP contribution in [0.4, 0.5) is 5.69 Å². The summed E-state index contributed by atoms with van der Waals surface area (Å²) in [7, 11) is 0. The Labute approximate surface area is 74.1 Å². The lowest BCUT2D eigenvalue weighted by molar-refractivity contribution is 1.21. The Morgan fingerprint density at radius 3 is 2.75 bits per heavy atom. The molecule has 0 aliphatic carbocycles. The van der Waals surface area contributed by atoms with Crippen LogP contribution in [0.25, 0.3) is 6.08 Å². The SMILES string of the molecule is C/C=C/c1ccccc1NCC. The van der Waals surface area contributed by atoms with Crippen molar-refractivity contribution in [2.24, 2.45) is 0 Å². The molecule has 0 atom stereocenters. The molecule has 0 spiro atoms. The first kappa shape index (κ1) is 8.85. The van der Waals surface area contributed by atoms with Crippen molar-refractivity contribution in [1.29, 1.82) is 0 Å². The molecule has 1 nitrogen and oxygen atoms in total. The first-order valence-corrected chi connectivity index (χ1v) is 4.34. The van der Waals surface area contributed by atoms with Gasteiger partial charge in [-0.25, -0.2) is 0 Å². The summed E-state index contributed by atoms with van der Waals surface area (Å²) in [5.74, 6) is 0. The monoisotopic (exact) mass is 161 g/mol. The molecule has 1 heteroatoms. The average molecular weight is 161 g/mol. The van der Waals surface area contributed by atoms with Crippen LogP contribution in [0.2, 0.25) is 0 Å². The molecule has 0 aliphatic heterocycles. The lowest BCUT2D eigenvalue weighted by Crippen LogP contribution is -1.97. The summed E-state index contributed by atoms with van der Waals surface area (Å²) in [6, 6.07) is 8.30. The predicted molar refractivity (Wildman–Crippen MR) is 55.3 cm³/mol. The zero-order chi connectivity index (χ0) is 8.81. The van der Waals surface area contributed by atoms with Gasteiger partial charge in [0.2, 0.25) is 0 Å². The van der Waals surface area contributed by atoms with Gasteiger partial charge in [-0.05, 0) is 25.5 Å². The fraction of sp³-hybridized carbons (Fsp3) is 0.273. The Balaban J connectivity index is 2.91. The average Bonchev–Trinajstić information content (AvgIpc) is 2.09. The van der Waals surface area contributed by atoms with E-state index in [-0.39, 0.29) is 0 Å². The first-order chi connectivity index (χ1) is 5.88. The second-order valence-electron chi connectivity index (χ2n) is 2.62. The molecule has 0 heterocycles. The van der Waals surface area contributed by atoms with E-state index in [4.69, 9.17) is 0 Å². The minimum Gasteiger partial charge on any atom is -0.385 e. The van der Waals surface area contributed by atoms with E-state index < -0.39 is 0 Å². The number of benzene rings is 1. The van der Waals surface area contributed by atoms with Gasteiger partial charge in [-0.15, -0.1) is 0 Å². The summed E-state index contributed by atoms with van der Waals surface area (Å²) in [5.41, 5.74) is 2.46. The van der Waals surface area contributed by atoms with E-state index in [0.717, 1.165) is 6.54 Å². The Kier molecular flexibility index (Phi) is 3.39. The minimum absolute atomic E-state index is 0.967. The highest BCUT2D eigenvalue weighted by molar-refractivity contribution is 5.66. The van der Waals surface area contributed by atoms with Crippen LogP contribution in [0.5, 0.6) is 0 Å². The molecule has 0 aliphatic rings. The van der Waals surface area contributed by atoms with Crippen LogP contribution >= 0.6 is 0 Å². The van der Waals surface area contributed by atoms with Gasteiger partial charge in [0.15, 0.2) is 0 Å². The van der Waals surface area contributed by atoms with Gasteiger partial charge in [0.1, 0.15) is 0 Å². The molecular weight excluding hydrogens is 146 g/mol. The second-order valence-corrected chi connectivity index (χ2v) is 2.62. The van der Waals surface area contributed by atoms with Crippen molar-refractivity contribution in [3.8, 4) is 0 Å². The minimum atomic E-state index is 0.967. The number of para-hydroxylation sites is 1. The summed E-state index contributed by atoms with van der Waals surface area (Å²) >= 11 is 0. The number of nitrogens with one attached hydrogen (secondary N) is 1. The van der Waals surface area contributed by atoms with E-state index >= 15 is 0 Å². The van der Waals surface area contributed by atoms with E-state index in [9.17, 15) is 0 Å². The van der Waals surface area contributed by atoms with Gasteiger partial charge in [-0.3, -0.25) is 0 Å². The molecule has 0 amide bonds. The van der Waals surface area contributed by atoms with E-state index in [2.05, 4.69) is 42.6 Å². The summed E-state index contributed by atoms with van der Waals surface area (Å²) in [6.45, 7) is 5.10. The fourth-order valence-electron chi connectivity index (χ4n) is 1.17. The molecule has 0 unspecified atom stereocenters. The number of hydrogen-bond donors (Lipinski definition) is 1. The number of hydrogen-bond acceptors (Lipinski definition) is 1. The maximum Gasteiger partial charge on any atom is 0.0413 e. The van der Waals surface area contributed by atoms with Crippen LogP contribution in [0.15, 0.2) is 30.3 Å². The van der Waals surface area contributed by atoms with Crippen molar-refractivity contribution in [1.82, 2.24) is 0 Å². The summed E-state index contributed by atoms with van der Waals surface area (Å²) < 4.78 is 0. The highest BCUT2D eigenvalue weighted by Gasteiger charge is 1.93. The van der Waals surface area contributed by atoms with Crippen molar-refractivity contribution in [2.75, 3.05) is 11.9 Å². The van der Waals surface area contributed by atoms with Crippen LogP contribution < -0.4 is 5.32 Å². The smallest absolute Gasteiger partial charge is 0.0413 e. The van der Waals surface area contributed by atoms with Crippen molar-refractivity contribution in [2.45, 2.75) is 13.8 Å². The summed E-state index contributed by atoms with van der Waals surface area (Å²) in [4.78, 5) is 0. The van der Waals surface area contributed by atoms with Gasteiger partial charge in [0, 0.05) is 12.2 Å². The number of anilines is 1. The third kappa shape index (κ3) is 2.12. The molecule has 1 aromatic carbocycles. The first-order valence-electron chi connectivity index (χ1n) is 4.34. The highest BCUT2D eigenvalue weighted by Crippen LogP contribution is 2.15. The van der Waals surface area contributed by atoms with E-state index in [1.807, 2.05) is 13.0 Å². The molecular formula is C11H15N. The van der Waals surface area contributed by atoms with E-state index in [1.165, 1.54) is 11.3 Å². The molecule has 64 valence electrons. The predicted octanol–water partition coefficient (Wildman–Crippen LogP) is 3.15. The molecule has 0 bridgehead atoms. The summed E-state index contributed by atoms with van der Waals surface area (Å²) in [6.07, 6.45) is 4.16. The maximum atomic E-state index is 3.31. The molecule has 0 fully saturated rings. The zero-order valence-corrected chi connectivity index (χ0v) is 7.67.